The van der Waals surface area contributed by atoms with Crippen LogP contribution in [0.4, 0.5) is 0 Å². The molecule has 0 saturated heterocycles. The summed E-state index contributed by atoms with van der Waals surface area (Å²) in [6.45, 7) is 4.14. The Hall–Kier alpha value is -0.910. The molecule has 1 heterocycles. The second-order valence-corrected chi connectivity index (χ2v) is 5.76. The fourth-order valence-electron chi connectivity index (χ4n) is 1.62. The monoisotopic (exact) mass is 343 g/mol. The van der Waals surface area contributed by atoms with E-state index in [0.717, 1.165) is 16.5 Å². The number of halogens is 2. The second kappa shape index (κ2) is 6.03. The highest BCUT2D eigenvalue weighted by atomic mass is 79.9. The van der Waals surface area contributed by atoms with Crippen LogP contribution in [0, 0.1) is 5.92 Å². The highest BCUT2D eigenvalue weighted by Crippen LogP contribution is 2.28. The number of nitrogens with zero attached hydrogens (tertiary/aromatic N) is 2. The highest BCUT2D eigenvalue weighted by molar-refractivity contribution is 9.10. The van der Waals surface area contributed by atoms with E-state index in [4.69, 9.17) is 21.9 Å². The van der Waals surface area contributed by atoms with Gasteiger partial charge in [-0.2, -0.15) is 4.98 Å². The van der Waals surface area contributed by atoms with Crippen molar-refractivity contribution in [1.82, 2.24) is 10.1 Å². The molecule has 102 valence electrons. The van der Waals surface area contributed by atoms with Gasteiger partial charge in [0.15, 0.2) is 0 Å². The molecule has 0 aliphatic rings. The standard InChI is InChI=1S/C13H15BrClN3O/c1-3-7(2)11(16)13-17-12(18-19-13)8-4-5-10(15)9(14)6-8/h4-7,11H,3,16H2,1-2H3/t7?,11-/m0/s1. The van der Waals surface area contributed by atoms with Crippen LogP contribution in [0.5, 0.6) is 0 Å². The molecular formula is C13H15BrClN3O. The lowest BCUT2D eigenvalue weighted by Crippen LogP contribution is -2.18. The maximum atomic E-state index is 6.07. The lowest BCUT2D eigenvalue weighted by atomic mass is 10.0. The number of benzene rings is 1. The van der Waals surface area contributed by atoms with Crippen LogP contribution >= 0.6 is 27.5 Å². The first-order chi connectivity index (χ1) is 9.02. The molecule has 1 aromatic carbocycles. The minimum absolute atomic E-state index is 0.234. The van der Waals surface area contributed by atoms with Gasteiger partial charge in [0, 0.05) is 10.0 Å². The van der Waals surface area contributed by atoms with Gasteiger partial charge in [-0.3, -0.25) is 0 Å². The van der Waals surface area contributed by atoms with Crippen molar-refractivity contribution in [1.29, 1.82) is 0 Å². The summed E-state index contributed by atoms with van der Waals surface area (Å²) in [5, 5.41) is 4.61. The third kappa shape index (κ3) is 3.16. The number of aromatic nitrogens is 2. The molecule has 19 heavy (non-hydrogen) atoms. The molecule has 0 fully saturated rings. The maximum absolute atomic E-state index is 6.07. The van der Waals surface area contributed by atoms with Crippen molar-refractivity contribution in [2.75, 3.05) is 0 Å². The number of nitrogens with two attached hydrogens (primary N) is 1. The molecule has 0 aliphatic carbocycles. The fourth-order valence-corrected chi connectivity index (χ4v) is 2.12. The highest BCUT2D eigenvalue weighted by Gasteiger charge is 2.20. The minimum Gasteiger partial charge on any atom is -0.337 e. The van der Waals surface area contributed by atoms with E-state index in [1.165, 1.54) is 0 Å². The van der Waals surface area contributed by atoms with Crippen molar-refractivity contribution < 1.29 is 4.52 Å². The predicted octanol–water partition coefficient (Wildman–Crippen LogP) is 4.20. The van der Waals surface area contributed by atoms with Crippen molar-refractivity contribution >= 4 is 27.5 Å². The summed E-state index contributed by atoms with van der Waals surface area (Å²) >= 11 is 9.32. The molecule has 0 amide bonds. The Balaban J connectivity index is 2.27. The molecule has 1 unspecified atom stereocenters. The molecule has 4 nitrogen and oxygen atoms in total. The first-order valence-electron chi connectivity index (χ1n) is 6.07. The molecule has 1 aromatic heterocycles. The van der Waals surface area contributed by atoms with Gasteiger partial charge < -0.3 is 10.3 Å². The molecule has 0 saturated carbocycles. The number of rotatable bonds is 4. The van der Waals surface area contributed by atoms with Crippen LogP contribution in [0.15, 0.2) is 27.2 Å². The lowest BCUT2D eigenvalue weighted by molar-refractivity contribution is 0.312. The molecular weight excluding hydrogens is 330 g/mol. The predicted molar refractivity (Wildman–Crippen MR) is 78.8 cm³/mol. The summed E-state index contributed by atoms with van der Waals surface area (Å²) < 4.78 is 6.04. The number of hydrogen-bond donors (Lipinski definition) is 1. The molecule has 0 aliphatic heterocycles. The topological polar surface area (TPSA) is 64.9 Å². The Morgan fingerprint density at radius 1 is 1.47 bits per heavy atom. The lowest BCUT2D eigenvalue weighted by Gasteiger charge is -2.12. The zero-order valence-electron chi connectivity index (χ0n) is 10.7. The third-order valence-electron chi connectivity index (χ3n) is 3.16. The van der Waals surface area contributed by atoms with E-state index in [9.17, 15) is 0 Å². The summed E-state index contributed by atoms with van der Waals surface area (Å²) in [5.74, 6) is 1.28. The zero-order chi connectivity index (χ0) is 14.0. The Morgan fingerprint density at radius 3 is 2.84 bits per heavy atom. The molecule has 0 radical (unpaired) electrons. The van der Waals surface area contributed by atoms with Crippen molar-refractivity contribution in [3.05, 3.63) is 33.6 Å². The van der Waals surface area contributed by atoms with Crippen LogP contribution in [0.2, 0.25) is 5.02 Å². The maximum Gasteiger partial charge on any atom is 0.244 e. The molecule has 2 N–H and O–H groups in total. The quantitative estimate of drug-likeness (QED) is 0.903. The molecule has 2 rings (SSSR count). The van der Waals surface area contributed by atoms with E-state index < -0.39 is 0 Å². The van der Waals surface area contributed by atoms with Gasteiger partial charge in [-0.05, 0) is 40.0 Å². The van der Waals surface area contributed by atoms with Crippen molar-refractivity contribution in [2.24, 2.45) is 11.7 Å². The van der Waals surface area contributed by atoms with Crippen molar-refractivity contribution in [3.8, 4) is 11.4 Å². The second-order valence-electron chi connectivity index (χ2n) is 4.50. The van der Waals surface area contributed by atoms with Crippen LogP contribution in [0.1, 0.15) is 32.2 Å². The van der Waals surface area contributed by atoms with Gasteiger partial charge in [0.1, 0.15) is 0 Å². The molecule has 6 heteroatoms. The summed E-state index contributed by atoms with van der Waals surface area (Å²) in [4.78, 5) is 4.35. The van der Waals surface area contributed by atoms with E-state index in [1.54, 1.807) is 6.07 Å². The smallest absolute Gasteiger partial charge is 0.244 e. The van der Waals surface area contributed by atoms with Crippen molar-refractivity contribution in [3.63, 3.8) is 0 Å². The van der Waals surface area contributed by atoms with Gasteiger partial charge in [0.25, 0.3) is 0 Å². The van der Waals surface area contributed by atoms with Crippen LogP contribution in [-0.2, 0) is 0 Å². The summed E-state index contributed by atoms with van der Waals surface area (Å²) in [7, 11) is 0. The summed E-state index contributed by atoms with van der Waals surface area (Å²) in [6.07, 6.45) is 0.964. The minimum atomic E-state index is -0.234. The first kappa shape index (κ1) is 14.5. The average Bonchev–Trinajstić information content (AvgIpc) is 2.89. The van der Waals surface area contributed by atoms with E-state index in [1.807, 2.05) is 12.1 Å². The molecule has 2 aromatic rings. The molecule has 0 bridgehead atoms. The Kier molecular flexibility index (Phi) is 4.60. The summed E-state index contributed by atoms with van der Waals surface area (Å²) in [5.41, 5.74) is 6.90. The normalized spacial score (nSPS) is 14.4. The fraction of sp³-hybridized carbons (Fsp3) is 0.385. The van der Waals surface area contributed by atoms with E-state index >= 15 is 0 Å². The van der Waals surface area contributed by atoms with Gasteiger partial charge in [-0.25, -0.2) is 0 Å². The van der Waals surface area contributed by atoms with Crippen LogP contribution < -0.4 is 5.73 Å². The SMILES string of the molecule is CCC(C)[C@H](N)c1nc(-c2ccc(Cl)c(Br)c2)no1. The van der Waals surface area contributed by atoms with Gasteiger partial charge >= 0.3 is 0 Å². The zero-order valence-corrected chi connectivity index (χ0v) is 13.1. The van der Waals surface area contributed by atoms with Crippen molar-refractivity contribution in [2.45, 2.75) is 26.3 Å². The number of hydrogen-bond acceptors (Lipinski definition) is 4. The van der Waals surface area contributed by atoms with Crippen LogP contribution in [-0.4, -0.2) is 10.1 Å². The van der Waals surface area contributed by atoms with Crippen LogP contribution in [0.3, 0.4) is 0 Å². The van der Waals surface area contributed by atoms with E-state index in [2.05, 4.69) is 39.9 Å². The van der Waals surface area contributed by atoms with E-state index in [-0.39, 0.29) is 6.04 Å². The van der Waals surface area contributed by atoms with Gasteiger partial charge in [-0.15, -0.1) is 0 Å². The van der Waals surface area contributed by atoms with Gasteiger partial charge in [0.2, 0.25) is 11.7 Å². The molecule has 2 atom stereocenters. The summed E-state index contributed by atoms with van der Waals surface area (Å²) in [6, 6.07) is 5.25. The van der Waals surface area contributed by atoms with Crippen LogP contribution in [0.25, 0.3) is 11.4 Å². The average molecular weight is 345 g/mol. The first-order valence-corrected chi connectivity index (χ1v) is 7.24. The van der Waals surface area contributed by atoms with Gasteiger partial charge in [0.05, 0.1) is 11.1 Å². The van der Waals surface area contributed by atoms with E-state index in [0.29, 0.717) is 22.7 Å². The largest absolute Gasteiger partial charge is 0.337 e. The molecule has 0 spiro atoms. The Labute approximate surface area is 125 Å². The van der Waals surface area contributed by atoms with Gasteiger partial charge in [-0.1, -0.05) is 37.0 Å². The Morgan fingerprint density at radius 2 is 2.21 bits per heavy atom. The Bertz CT molecular complexity index is 573. The third-order valence-corrected chi connectivity index (χ3v) is 4.38.